The number of rotatable bonds is 3. The van der Waals surface area contributed by atoms with Gasteiger partial charge in [0.1, 0.15) is 6.61 Å². The van der Waals surface area contributed by atoms with Gasteiger partial charge in [-0.3, -0.25) is 0 Å². The highest BCUT2D eigenvalue weighted by Crippen LogP contribution is 2.38. The number of carbonyl (C=O) groups excluding carboxylic acids is 1. The Kier molecular flexibility index (Phi) is 3.92. The van der Waals surface area contributed by atoms with Crippen LogP contribution in [-0.2, 0) is 11.3 Å². The molecule has 0 saturated carbocycles. The number of ether oxygens (including phenoxy) is 1. The summed E-state index contributed by atoms with van der Waals surface area (Å²) in [4.78, 5) is 14.3. The van der Waals surface area contributed by atoms with Gasteiger partial charge < -0.3 is 15.4 Å². The molecule has 4 heteroatoms. The maximum Gasteiger partial charge on any atom is 0.410 e. The lowest BCUT2D eigenvalue weighted by atomic mass is 9.91. The fourth-order valence-corrected chi connectivity index (χ4v) is 3.57. The SMILES string of the molecule is NCC1C[C@H]2CC[C@@H](C1)N2C(=O)OCc1ccccc1. The molecule has 1 unspecified atom stereocenters. The Hall–Kier alpha value is -1.55. The zero-order valence-electron chi connectivity index (χ0n) is 11.7. The monoisotopic (exact) mass is 274 g/mol. The van der Waals surface area contributed by atoms with Crippen LogP contribution in [0.15, 0.2) is 30.3 Å². The zero-order chi connectivity index (χ0) is 13.9. The predicted molar refractivity (Wildman–Crippen MR) is 77.1 cm³/mol. The van der Waals surface area contributed by atoms with E-state index < -0.39 is 0 Å². The van der Waals surface area contributed by atoms with Crippen LogP contribution < -0.4 is 5.73 Å². The summed E-state index contributed by atoms with van der Waals surface area (Å²) < 4.78 is 5.47. The molecule has 0 radical (unpaired) electrons. The second-order valence-electron chi connectivity index (χ2n) is 5.91. The van der Waals surface area contributed by atoms with Gasteiger partial charge in [0.25, 0.3) is 0 Å². The van der Waals surface area contributed by atoms with Crippen LogP contribution in [0.1, 0.15) is 31.2 Å². The lowest BCUT2D eigenvalue weighted by molar-refractivity contribution is 0.0541. The second-order valence-corrected chi connectivity index (χ2v) is 5.91. The van der Waals surface area contributed by atoms with Crippen LogP contribution in [0, 0.1) is 5.92 Å². The van der Waals surface area contributed by atoms with Gasteiger partial charge in [0.05, 0.1) is 0 Å². The summed E-state index contributed by atoms with van der Waals surface area (Å²) in [6.07, 6.45) is 4.11. The summed E-state index contributed by atoms with van der Waals surface area (Å²) in [6, 6.07) is 10.5. The number of hydrogen-bond donors (Lipinski definition) is 1. The summed E-state index contributed by atoms with van der Waals surface area (Å²) in [5.74, 6) is 0.575. The van der Waals surface area contributed by atoms with E-state index in [1.165, 1.54) is 0 Å². The summed E-state index contributed by atoms with van der Waals surface area (Å²) in [5.41, 5.74) is 6.81. The Bertz CT molecular complexity index is 449. The van der Waals surface area contributed by atoms with Gasteiger partial charge in [0.2, 0.25) is 0 Å². The van der Waals surface area contributed by atoms with Crippen LogP contribution in [0.3, 0.4) is 0 Å². The van der Waals surface area contributed by atoms with Crippen LogP contribution >= 0.6 is 0 Å². The van der Waals surface area contributed by atoms with E-state index in [-0.39, 0.29) is 6.09 Å². The Balaban J connectivity index is 1.58. The predicted octanol–water partition coefficient (Wildman–Crippen LogP) is 2.52. The first-order valence-electron chi connectivity index (χ1n) is 7.47. The number of hydrogen-bond acceptors (Lipinski definition) is 3. The van der Waals surface area contributed by atoms with Gasteiger partial charge in [-0.2, -0.15) is 0 Å². The summed E-state index contributed by atoms with van der Waals surface area (Å²) in [6.45, 7) is 1.09. The molecule has 3 rings (SSSR count). The van der Waals surface area contributed by atoms with Crippen LogP contribution in [-0.4, -0.2) is 29.6 Å². The first-order chi connectivity index (χ1) is 9.78. The van der Waals surface area contributed by atoms with E-state index >= 15 is 0 Å². The molecule has 2 fully saturated rings. The Morgan fingerprint density at radius 3 is 2.45 bits per heavy atom. The molecule has 2 saturated heterocycles. The topological polar surface area (TPSA) is 55.6 Å². The van der Waals surface area contributed by atoms with Crippen molar-refractivity contribution >= 4 is 6.09 Å². The Labute approximate surface area is 119 Å². The van der Waals surface area contributed by atoms with Crippen molar-refractivity contribution in [1.29, 1.82) is 0 Å². The van der Waals surface area contributed by atoms with Crippen molar-refractivity contribution in [2.45, 2.75) is 44.4 Å². The molecule has 4 nitrogen and oxygen atoms in total. The van der Waals surface area contributed by atoms with E-state index in [4.69, 9.17) is 10.5 Å². The summed E-state index contributed by atoms with van der Waals surface area (Å²) in [5, 5.41) is 0. The average molecular weight is 274 g/mol. The van der Waals surface area contributed by atoms with Crippen LogP contribution in [0.4, 0.5) is 4.79 Å². The number of benzene rings is 1. The summed E-state index contributed by atoms with van der Waals surface area (Å²) >= 11 is 0. The lowest BCUT2D eigenvalue weighted by Gasteiger charge is -2.37. The highest BCUT2D eigenvalue weighted by molar-refractivity contribution is 5.69. The van der Waals surface area contributed by atoms with E-state index in [2.05, 4.69) is 0 Å². The molecule has 2 heterocycles. The molecule has 2 aliphatic rings. The average Bonchev–Trinajstić information content (AvgIpc) is 2.76. The summed E-state index contributed by atoms with van der Waals surface area (Å²) in [7, 11) is 0. The molecule has 2 bridgehead atoms. The van der Waals surface area contributed by atoms with Gasteiger partial charge in [-0.15, -0.1) is 0 Å². The lowest BCUT2D eigenvalue weighted by Crippen LogP contribution is -2.47. The van der Waals surface area contributed by atoms with E-state index in [1.54, 1.807) is 0 Å². The molecular formula is C16H22N2O2. The third kappa shape index (κ3) is 2.66. The van der Waals surface area contributed by atoms with Gasteiger partial charge in [-0.25, -0.2) is 4.79 Å². The van der Waals surface area contributed by atoms with Crippen molar-refractivity contribution in [2.75, 3.05) is 6.54 Å². The van der Waals surface area contributed by atoms with Crippen molar-refractivity contribution in [3.8, 4) is 0 Å². The maximum atomic E-state index is 12.3. The Morgan fingerprint density at radius 2 is 1.85 bits per heavy atom. The molecular weight excluding hydrogens is 252 g/mol. The quantitative estimate of drug-likeness (QED) is 0.921. The number of nitrogens with zero attached hydrogens (tertiary/aromatic N) is 1. The molecule has 2 aliphatic heterocycles. The third-order valence-electron chi connectivity index (χ3n) is 4.58. The molecule has 1 amide bonds. The minimum atomic E-state index is -0.156. The van der Waals surface area contributed by atoms with Gasteiger partial charge in [0, 0.05) is 12.1 Å². The van der Waals surface area contributed by atoms with E-state index in [9.17, 15) is 4.79 Å². The smallest absolute Gasteiger partial charge is 0.410 e. The minimum absolute atomic E-state index is 0.156. The molecule has 20 heavy (non-hydrogen) atoms. The molecule has 0 aliphatic carbocycles. The van der Waals surface area contributed by atoms with Crippen molar-refractivity contribution in [3.63, 3.8) is 0 Å². The fraction of sp³-hybridized carbons (Fsp3) is 0.562. The van der Waals surface area contributed by atoms with Gasteiger partial charge >= 0.3 is 6.09 Å². The van der Waals surface area contributed by atoms with E-state index in [0.29, 0.717) is 24.6 Å². The Morgan fingerprint density at radius 1 is 1.20 bits per heavy atom. The highest BCUT2D eigenvalue weighted by Gasteiger charge is 2.43. The van der Waals surface area contributed by atoms with E-state index in [1.807, 2.05) is 35.2 Å². The van der Waals surface area contributed by atoms with E-state index in [0.717, 1.165) is 37.8 Å². The van der Waals surface area contributed by atoms with Gasteiger partial charge in [-0.05, 0) is 43.7 Å². The third-order valence-corrected chi connectivity index (χ3v) is 4.58. The molecule has 1 aromatic carbocycles. The number of piperidine rings is 1. The van der Waals surface area contributed by atoms with Crippen molar-refractivity contribution in [1.82, 2.24) is 4.90 Å². The first kappa shape index (κ1) is 13.4. The molecule has 0 spiro atoms. The molecule has 108 valence electrons. The standard InChI is InChI=1S/C16H22N2O2/c17-10-13-8-14-6-7-15(9-13)18(14)16(19)20-11-12-4-2-1-3-5-12/h1-5,13-15H,6-11,17H2/t13?,14-,15+. The van der Waals surface area contributed by atoms with Crippen LogP contribution in [0.2, 0.25) is 0 Å². The largest absolute Gasteiger partial charge is 0.445 e. The minimum Gasteiger partial charge on any atom is -0.445 e. The highest BCUT2D eigenvalue weighted by atomic mass is 16.6. The van der Waals surface area contributed by atoms with Crippen molar-refractivity contribution in [2.24, 2.45) is 11.7 Å². The van der Waals surface area contributed by atoms with Gasteiger partial charge in [-0.1, -0.05) is 30.3 Å². The first-order valence-corrected chi connectivity index (χ1v) is 7.47. The molecule has 0 aromatic heterocycles. The number of amides is 1. The molecule has 1 aromatic rings. The zero-order valence-corrected chi connectivity index (χ0v) is 11.7. The fourth-order valence-electron chi connectivity index (χ4n) is 3.57. The van der Waals surface area contributed by atoms with Crippen LogP contribution in [0.25, 0.3) is 0 Å². The number of carbonyl (C=O) groups is 1. The number of nitrogens with two attached hydrogens (primary N) is 1. The van der Waals surface area contributed by atoms with Crippen LogP contribution in [0.5, 0.6) is 0 Å². The van der Waals surface area contributed by atoms with Crippen molar-refractivity contribution in [3.05, 3.63) is 35.9 Å². The maximum absolute atomic E-state index is 12.3. The number of fused-ring (bicyclic) bond motifs is 2. The molecule has 2 N–H and O–H groups in total. The second kappa shape index (κ2) is 5.83. The van der Waals surface area contributed by atoms with Gasteiger partial charge in [0.15, 0.2) is 0 Å². The molecule has 3 atom stereocenters. The normalized spacial score (nSPS) is 28.4. The van der Waals surface area contributed by atoms with Crippen molar-refractivity contribution < 1.29 is 9.53 Å².